The van der Waals surface area contributed by atoms with E-state index in [1.807, 2.05) is 6.92 Å². The molecular formula is C9H11N3OS. The van der Waals surface area contributed by atoms with E-state index < -0.39 is 5.60 Å². The summed E-state index contributed by atoms with van der Waals surface area (Å²) >= 11 is 1.41. The van der Waals surface area contributed by atoms with Crippen LogP contribution >= 0.6 is 11.3 Å². The van der Waals surface area contributed by atoms with Crippen LogP contribution in [0.1, 0.15) is 24.5 Å². The van der Waals surface area contributed by atoms with Gasteiger partial charge in [0.25, 0.3) is 0 Å². The van der Waals surface area contributed by atoms with Crippen molar-refractivity contribution in [2.24, 2.45) is 0 Å². The maximum atomic E-state index is 9.78. The zero-order chi connectivity index (χ0) is 10.3. The Labute approximate surface area is 85.7 Å². The van der Waals surface area contributed by atoms with Gasteiger partial charge in [0.1, 0.15) is 27.3 Å². The quantitative estimate of drug-likeness (QED) is 0.775. The van der Waals surface area contributed by atoms with Crippen LogP contribution in [-0.4, -0.2) is 20.1 Å². The molecule has 0 saturated heterocycles. The number of fused-ring (bicyclic) bond motifs is 1. The minimum atomic E-state index is -0.905. The van der Waals surface area contributed by atoms with Crippen molar-refractivity contribution in [3.8, 4) is 0 Å². The lowest BCUT2D eigenvalue weighted by Gasteiger charge is -2.11. The van der Waals surface area contributed by atoms with E-state index in [1.54, 1.807) is 13.8 Å². The van der Waals surface area contributed by atoms with Gasteiger partial charge in [-0.25, -0.2) is 15.0 Å². The largest absolute Gasteiger partial charge is 0.383 e. The first-order valence-electron chi connectivity index (χ1n) is 4.29. The minimum Gasteiger partial charge on any atom is -0.383 e. The fourth-order valence-electron chi connectivity index (χ4n) is 1.13. The van der Waals surface area contributed by atoms with Crippen molar-refractivity contribution in [2.45, 2.75) is 26.4 Å². The molecule has 0 spiro atoms. The van der Waals surface area contributed by atoms with Crippen molar-refractivity contribution < 1.29 is 5.11 Å². The topological polar surface area (TPSA) is 58.9 Å². The normalized spacial score (nSPS) is 12.3. The molecule has 0 saturated carbocycles. The Morgan fingerprint density at radius 3 is 2.64 bits per heavy atom. The van der Waals surface area contributed by atoms with Crippen molar-refractivity contribution in [2.75, 3.05) is 0 Å². The molecule has 2 rings (SSSR count). The Morgan fingerprint density at radius 2 is 2.07 bits per heavy atom. The van der Waals surface area contributed by atoms with Crippen LogP contribution in [0.2, 0.25) is 0 Å². The molecule has 4 nitrogen and oxygen atoms in total. The van der Waals surface area contributed by atoms with Gasteiger partial charge in [0.05, 0.1) is 5.69 Å². The summed E-state index contributed by atoms with van der Waals surface area (Å²) in [5, 5.41) is 10.5. The highest BCUT2D eigenvalue weighted by atomic mass is 32.1. The van der Waals surface area contributed by atoms with Crippen LogP contribution in [-0.2, 0) is 5.60 Å². The first-order valence-corrected chi connectivity index (χ1v) is 5.11. The average Bonchev–Trinajstić information content (AvgIpc) is 2.48. The van der Waals surface area contributed by atoms with Crippen LogP contribution in [0.5, 0.6) is 0 Å². The van der Waals surface area contributed by atoms with Gasteiger partial charge in [-0.2, -0.15) is 0 Å². The molecule has 14 heavy (non-hydrogen) atoms. The molecule has 0 aliphatic rings. The van der Waals surface area contributed by atoms with Crippen LogP contribution < -0.4 is 0 Å². The van der Waals surface area contributed by atoms with Gasteiger partial charge in [-0.1, -0.05) is 11.3 Å². The van der Waals surface area contributed by atoms with E-state index in [0.717, 1.165) is 16.0 Å². The van der Waals surface area contributed by atoms with Crippen molar-refractivity contribution in [1.82, 2.24) is 15.0 Å². The maximum absolute atomic E-state index is 9.78. The summed E-state index contributed by atoms with van der Waals surface area (Å²) < 4.78 is 0. The SMILES string of the molecule is Cc1ncnc2sc(C(C)(C)O)nc12. The Kier molecular flexibility index (Phi) is 2.01. The Morgan fingerprint density at radius 1 is 1.36 bits per heavy atom. The van der Waals surface area contributed by atoms with Gasteiger partial charge in [-0.15, -0.1) is 0 Å². The van der Waals surface area contributed by atoms with Crippen molar-refractivity contribution in [3.63, 3.8) is 0 Å². The maximum Gasteiger partial charge on any atom is 0.147 e. The fourth-order valence-corrected chi connectivity index (χ4v) is 2.09. The predicted octanol–water partition coefficient (Wildman–Crippen LogP) is 1.62. The van der Waals surface area contributed by atoms with E-state index in [4.69, 9.17) is 0 Å². The number of thiazole rings is 1. The first-order chi connectivity index (χ1) is 6.48. The van der Waals surface area contributed by atoms with E-state index in [-0.39, 0.29) is 0 Å². The molecule has 0 unspecified atom stereocenters. The molecule has 2 aromatic heterocycles. The van der Waals surface area contributed by atoms with Crippen LogP contribution in [0.3, 0.4) is 0 Å². The summed E-state index contributed by atoms with van der Waals surface area (Å²) in [6.07, 6.45) is 1.52. The number of aryl methyl sites for hydroxylation is 1. The zero-order valence-electron chi connectivity index (χ0n) is 8.27. The third kappa shape index (κ3) is 1.49. The van der Waals surface area contributed by atoms with Crippen molar-refractivity contribution in [1.29, 1.82) is 0 Å². The average molecular weight is 209 g/mol. The van der Waals surface area contributed by atoms with Gasteiger partial charge in [0.15, 0.2) is 0 Å². The number of aromatic nitrogens is 3. The number of aliphatic hydroxyl groups is 1. The van der Waals surface area contributed by atoms with Crippen LogP contribution in [0, 0.1) is 6.92 Å². The molecule has 74 valence electrons. The summed E-state index contributed by atoms with van der Waals surface area (Å²) in [5.41, 5.74) is 0.731. The summed E-state index contributed by atoms with van der Waals surface area (Å²) in [7, 11) is 0. The Hall–Kier alpha value is -1.07. The van der Waals surface area contributed by atoms with Crippen LogP contribution in [0.15, 0.2) is 6.33 Å². The van der Waals surface area contributed by atoms with E-state index in [9.17, 15) is 5.11 Å². The highest BCUT2D eigenvalue weighted by Gasteiger charge is 2.21. The number of hydrogen-bond acceptors (Lipinski definition) is 5. The molecule has 0 fully saturated rings. The summed E-state index contributed by atoms with van der Waals surface area (Å²) in [5.74, 6) is 0. The molecule has 2 heterocycles. The number of rotatable bonds is 1. The molecule has 1 N–H and O–H groups in total. The summed E-state index contributed by atoms with van der Waals surface area (Å²) in [6.45, 7) is 5.32. The van der Waals surface area contributed by atoms with Gasteiger partial charge >= 0.3 is 0 Å². The van der Waals surface area contributed by atoms with Gasteiger partial charge in [-0.05, 0) is 20.8 Å². The molecule has 5 heteroatoms. The lowest BCUT2D eigenvalue weighted by molar-refractivity contribution is 0.0785. The monoisotopic (exact) mass is 209 g/mol. The van der Waals surface area contributed by atoms with Crippen molar-refractivity contribution >= 4 is 21.7 Å². The highest BCUT2D eigenvalue weighted by molar-refractivity contribution is 7.18. The molecule has 0 aliphatic carbocycles. The first kappa shape index (κ1) is 9.48. The molecule has 0 aromatic carbocycles. The Bertz CT molecular complexity index is 472. The van der Waals surface area contributed by atoms with Crippen molar-refractivity contribution in [3.05, 3.63) is 17.0 Å². The van der Waals surface area contributed by atoms with Crippen LogP contribution in [0.25, 0.3) is 10.3 Å². The Balaban J connectivity index is 2.69. The summed E-state index contributed by atoms with van der Waals surface area (Å²) in [6, 6.07) is 0. The van der Waals surface area contributed by atoms with Gasteiger partial charge in [0.2, 0.25) is 0 Å². The lowest BCUT2D eigenvalue weighted by Crippen LogP contribution is -2.14. The van der Waals surface area contributed by atoms with Gasteiger partial charge < -0.3 is 5.11 Å². The summed E-state index contributed by atoms with van der Waals surface area (Å²) in [4.78, 5) is 13.3. The second kappa shape index (κ2) is 2.96. The minimum absolute atomic E-state index is 0.677. The standard InChI is InChI=1S/C9H11N3OS/c1-5-6-7(11-4-10-5)14-8(12-6)9(2,3)13/h4,13H,1-3H3. The molecular weight excluding hydrogens is 198 g/mol. The van der Waals surface area contributed by atoms with E-state index in [0.29, 0.717) is 5.01 Å². The molecule has 0 radical (unpaired) electrons. The smallest absolute Gasteiger partial charge is 0.147 e. The predicted molar refractivity (Wildman–Crippen MR) is 55.2 cm³/mol. The number of hydrogen-bond donors (Lipinski definition) is 1. The zero-order valence-corrected chi connectivity index (χ0v) is 9.09. The molecule has 2 aromatic rings. The third-order valence-corrected chi connectivity index (χ3v) is 3.18. The molecule has 0 amide bonds. The highest BCUT2D eigenvalue weighted by Crippen LogP contribution is 2.28. The molecule has 0 aliphatic heterocycles. The van der Waals surface area contributed by atoms with E-state index in [1.165, 1.54) is 17.7 Å². The second-order valence-corrected chi connectivity index (χ2v) is 4.67. The lowest BCUT2D eigenvalue weighted by atomic mass is 10.2. The van der Waals surface area contributed by atoms with E-state index in [2.05, 4.69) is 15.0 Å². The van der Waals surface area contributed by atoms with E-state index >= 15 is 0 Å². The third-order valence-electron chi connectivity index (χ3n) is 1.90. The van der Waals surface area contributed by atoms with Gasteiger partial charge in [-0.3, -0.25) is 0 Å². The fraction of sp³-hybridized carbons (Fsp3) is 0.444. The number of nitrogens with zero attached hydrogens (tertiary/aromatic N) is 3. The second-order valence-electron chi connectivity index (χ2n) is 3.69. The van der Waals surface area contributed by atoms with Gasteiger partial charge in [0, 0.05) is 0 Å². The molecule has 0 atom stereocenters. The molecule has 0 bridgehead atoms. The van der Waals surface area contributed by atoms with Crippen LogP contribution in [0.4, 0.5) is 0 Å².